The Morgan fingerprint density at radius 1 is 1.44 bits per heavy atom. The summed E-state index contributed by atoms with van der Waals surface area (Å²) in [5.41, 5.74) is -1.79. The van der Waals surface area contributed by atoms with E-state index in [0.717, 1.165) is 11.8 Å². The second-order valence-corrected chi connectivity index (χ2v) is 4.17. The Morgan fingerprint density at radius 3 is 2.50 bits per heavy atom. The van der Waals surface area contributed by atoms with Crippen molar-refractivity contribution in [1.82, 2.24) is 9.55 Å². The summed E-state index contributed by atoms with van der Waals surface area (Å²) in [4.78, 5) is 14.9. The Hall–Kier alpha value is -0.980. The van der Waals surface area contributed by atoms with E-state index < -0.39 is 17.4 Å². The molecule has 0 unspecified atom stereocenters. The minimum Gasteiger partial charge on any atom is -0.288 e. The third kappa shape index (κ3) is 2.78. The first-order valence-electron chi connectivity index (χ1n) is 4.72. The van der Waals surface area contributed by atoms with Crippen LogP contribution in [0.5, 0.6) is 0 Å². The molecule has 0 spiro atoms. The van der Waals surface area contributed by atoms with E-state index in [0.29, 0.717) is 18.4 Å². The van der Waals surface area contributed by atoms with Gasteiger partial charge in [0.1, 0.15) is 0 Å². The first kappa shape index (κ1) is 13.1. The summed E-state index contributed by atoms with van der Waals surface area (Å²) in [6.45, 7) is 3.79. The standard InChI is InChI=1S/C9H11F3N2OS/c1-3-14-7(15)5-6(9(10,11)12)13-8(14)16-4-2/h5H,3-4H2,1-2H3. The highest BCUT2D eigenvalue weighted by atomic mass is 32.2. The van der Waals surface area contributed by atoms with Crippen LogP contribution in [0.25, 0.3) is 0 Å². The normalized spacial score (nSPS) is 11.8. The highest BCUT2D eigenvalue weighted by Gasteiger charge is 2.34. The van der Waals surface area contributed by atoms with Gasteiger partial charge in [-0.2, -0.15) is 13.2 Å². The SMILES string of the molecule is CCSc1nc(C(F)(F)F)cc(=O)n1CC. The van der Waals surface area contributed by atoms with Gasteiger partial charge in [0.15, 0.2) is 10.9 Å². The van der Waals surface area contributed by atoms with Crippen molar-refractivity contribution in [2.45, 2.75) is 31.7 Å². The van der Waals surface area contributed by atoms with Gasteiger partial charge < -0.3 is 0 Å². The lowest BCUT2D eigenvalue weighted by Crippen LogP contribution is -2.25. The quantitative estimate of drug-likeness (QED) is 0.612. The van der Waals surface area contributed by atoms with Gasteiger partial charge in [0.2, 0.25) is 0 Å². The summed E-state index contributed by atoms with van der Waals surface area (Å²) in [6.07, 6.45) is -4.57. The predicted molar refractivity (Wildman–Crippen MR) is 55.6 cm³/mol. The predicted octanol–water partition coefficient (Wildman–Crippen LogP) is 2.39. The van der Waals surface area contributed by atoms with Crippen LogP contribution in [-0.2, 0) is 12.7 Å². The lowest BCUT2D eigenvalue weighted by Gasteiger charge is -2.11. The molecule has 0 aliphatic heterocycles. The zero-order chi connectivity index (χ0) is 12.3. The molecule has 3 nitrogen and oxygen atoms in total. The van der Waals surface area contributed by atoms with E-state index in [4.69, 9.17) is 0 Å². The minimum atomic E-state index is -4.57. The fourth-order valence-electron chi connectivity index (χ4n) is 1.16. The molecule has 0 aromatic carbocycles. The molecule has 0 saturated heterocycles. The van der Waals surface area contributed by atoms with Crippen LogP contribution >= 0.6 is 11.8 Å². The van der Waals surface area contributed by atoms with Gasteiger partial charge in [0.25, 0.3) is 5.56 Å². The summed E-state index contributed by atoms with van der Waals surface area (Å²) >= 11 is 1.12. The Morgan fingerprint density at radius 2 is 2.06 bits per heavy atom. The maximum Gasteiger partial charge on any atom is 0.433 e. The van der Waals surface area contributed by atoms with Crippen LogP contribution in [-0.4, -0.2) is 15.3 Å². The van der Waals surface area contributed by atoms with Crippen molar-refractivity contribution in [2.24, 2.45) is 0 Å². The largest absolute Gasteiger partial charge is 0.433 e. The molecule has 7 heteroatoms. The van der Waals surface area contributed by atoms with Gasteiger partial charge in [-0.05, 0) is 12.7 Å². The van der Waals surface area contributed by atoms with E-state index in [2.05, 4.69) is 4.98 Å². The lowest BCUT2D eigenvalue weighted by atomic mass is 10.4. The van der Waals surface area contributed by atoms with Crippen LogP contribution in [0.15, 0.2) is 16.0 Å². The van der Waals surface area contributed by atoms with Crippen LogP contribution in [0.3, 0.4) is 0 Å². The molecular weight excluding hydrogens is 241 g/mol. The highest BCUT2D eigenvalue weighted by Crippen LogP contribution is 2.28. The summed E-state index contributed by atoms with van der Waals surface area (Å²) in [5, 5.41) is 0.116. The van der Waals surface area contributed by atoms with Crippen molar-refractivity contribution in [3.8, 4) is 0 Å². The Labute approximate surface area is 94.7 Å². The molecule has 1 aromatic heterocycles. The average Bonchev–Trinajstić information content (AvgIpc) is 2.16. The molecule has 0 N–H and O–H groups in total. The van der Waals surface area contributed by atoms with E-state index in [1.54, 1.807) is 13.8 Å². The molecule has 0 amide bonds. The summed E-state index contributed by atoms with van der Waals surface area (Å²) < 4.78 is 38.4. The van der Waals surface area contributed by atoms with Crippen molar-refractivity contribution in [1.29, 1.82) is 0 Å². The van der Waals surface area contributed by atoms with Crippen LogP contribution in [0.1, 0.15) is 19.5 Å². The average molecular weight is 252 g/mol. The van der Waals surface area contributed by atoms with Gasteiger partial charge in [0.05, 0.1) is 0 Å². The van der Waals surface area contributed by atoms with E-state index in [1.807, 2.05) is 0 Å². The van der Waals surface area contributed by atoms with Gasteiger partial charge in [0, 0.05) is 12.6 Å². The van der Waals surface area contributed by atoms with Gasteiger partial charge in [-0.3, -0.25) is 9.36 Å². The topological polar surface area (TPSA) is 34.9 Å². The Kier molecular flexibility index (Phi) is 4.01. The number of halogens is 3. The van der Waals surface area contributed by atoms with Crippen molar-refractivity contribution in [2.75, 3.05) is 5.75 Å². The van der Waals surface area contributed by atoms with Gasteiger partial charge in [-0.25, -0.2) is 4.98 Å². The third-order valence-corrected chi connectivity index (χ3v) is 2.71. The molecule has 0 aliphatic rings. The van der Waals surface area contributed by atoms with E-state index in [9.17, 15) is 18.0 Å². The van der Waals surface area contributed by atoms with Crippen molar-refractivity contribution >= 4 is 11.8 Å². The second kappa shape index (κ2) is 4.90. The van der Waals surface area contributed by atoms with E-state index >= 15 is 0 Å². The number of hydrogen-bond acceptors (Lipinski definition) is 3. The number of aromatic nitrogens is 2. The maximum absolute atomic E-state index is 12.4. The fourth-order valence-corrected chi connectivity index (χ4v) is 1.96. The van der Waals surface area contributed by atoms with Crippen LogP contribution < -0.4 is 5.56 Å². The zero-order valence-corrected chi connectivity index (χ0v) is 9.65. The first-order valence-corrected chi connectivity index (χ1v) is 5.70. The molecule has 0 atom stereocenters. The number of nitrogens with zero attached hydrogens (tertiary/aromatic N) is 2. The van der Waals surface area contributed by atoms with Gasteiger partial charge in [-0.15, -0.1) is 0 Å². The van der Waals surface area contributed by atoms with Gasteiger partial charge >= 0.3 is 6.18 Å². The lowest BCUT2D eigenvalue weighted by molar-refractivity contribution is -0.141. The van der Waals surface area contributed by atoms with E-state index in [1.165, 1.54) is 4.57 Å². The number of alkyl halides is 3. The fraction of sp³-hybridized carbons (Fsp3) is 0.556. The van der Waals surface area contributed by atoms with Crippen molar-refractivity contribution in [3.63, 3.8) is 0 Å². The summed E-state index contributed by atoms with van der Waals surface area (Å²) in [5.74, 6) is 0.563. The second-order valence-electron chi connectivity index (χ2n) is 2.94. The Bertz CT molecular complexity index is 428. The molecule has 0 saturated carbocycles. The molecular formula is C9H11F3N2OS. The number of thioether (sulfide) groups is 1. The van der Waals surface area contributed by atoms with Crippen molar-refractivity contribution in [3.05, 3.63) is 22.1 Å². The highest BCUT2D eigenvalue weighted by molar-refractivity contribution is 7.99. The molecule has 90 valence electrons. The smallest absolute Gasteiger partial charge is 0.288 e. The Balaban J connectivity index is 3.34. The van der Waals surface area contributed by atoms with Crippen LogP contribution in [0.4, 0.5) is 13.2 Å². The minimum absolute atomic E-state index is 0.116. The maximum atomic E-state index is 12.4. The van der Waals surface area contributed by atoms with Gasteiger partial charge in [-0.1, -0.05) is 18.7 Å². The molecule has 0 fully saturated rings. The number of rotatable bonds is 3. The molecule has 0 aliphatic carbocycles. The number of hydrogen-bond donors (Lipinski definition) is 0. The van der Waals surface area contributed by atoms with Crippen LogP contribution in [0.2, 0.25) is 0 Å². The molecule has 0 bridgehead atoms. The zero-order valence-electron chi connectivity index (χ0n) is 8.84. The first-order chi connectivity index (χ1) is 7.40. The molecule has 0 radical (unpaired) electrons. The van der Waals surface area contributed by atoms with Crippen LogP contribution in [0, 0.1) is 0 Å². The van der Waals surface area contributed by atoms with Crippen molar-refractivity contribution < 1.29 is 13.2 Å². The molecule has 1 heterocycles. The van der Waals surface area contributed by atoms with E-state index in [-0.39, 0.29) is 5.16 Å². The molecule has 1 aromatic rings. The summed E-state index contributed by atoms with van der Waals surface area (Å²) in [7, 11) is 0. The third-order valence-electron chi connectivity index (χ3n) is 1.85. The monoisotopic (exact) mass is 252 g/mol. The molecule has 1 rings (SSSR count). The molecule has 16 heavy (non-hydrogen) atoms. The summed E-state index contributed by atoms with van der Waals surface area (Å²) in [6, 6.07) is 0.531.